The lowest BCUT2D eigenvalue weighted by Gasteiger charge is -2.09. The van der Waals surface area contributed by atoms with Gasteiger partial charge in [0.2, 0.25) is 0 Å². The standard InChI is InChI=1S/C10H8S4/c11-5-1-2-6(12)10-8(14)4-3-7(13)9(5)10/h1-4,11-14H. The van der Waals surface area contributed by atoms with Gasteiger partial charge < -0.3 is 0 Å². The summed E-state index contributed by atoms with van der Waals surface area (Å²) in [5, 5.41) is 2.02. The van der Waals surface area contributed by atoms with Crippen LogP contribution in [0.1, 0.15) is 0 Å². The normalized spacial score (nSPS) is 10.9. The fourth-order valence-corrected chi connectivity index (χ4v) is 2.83. The van der Waals surface area contributed by atoms with Crippen LogP contribution in [0.5, 0.6) is 0 Å². The Labute approximate surface area is 105 Å². The summed E-state index contributed by atoms with van der Waals surface area (Å²) >= 11 is 17.6. The van der Waals surface area contributed by atoms with E-state index < -0.39 is 0 Å². The van der Waals surface area contributed by atoms with Crippen molar-refractivity contribution in [1.82, 2.24) is 0 Å². The van der Waals surface area contributed by atoms with Gasteiger partial charge in [-0.3, -0.25) is 0 Å². The molecule has 2 rings (SSSR count). The van der Waals surface area contributed by atoms with Gasteiger partial charge in [-0.25, -0.2) is 0 Å². The van der Waals surface area contributed by atoms with Crippen molar-refractivity contribution >= 4 is 61.3 Å². The average Bonchev–Trinajstić information content (AvgIpc) is 2.16. The highest BCUT2D eigenvalue weighted by atomic mass is 32.1. The van der Waals surface area contributed by atoms with Crippen molar-refractivity contribution in [2.45, 2.75) is 19.6 Å². The lowest BCUT2D eigenvalue weighted by Crippen LogP contribution is -1.82. The maximum Gasteiger partial charge on any atom is 0.0131 e. The van der Waals surface area contributed by atoms with E-state index in [2.05, 4.69) is 50.5 Å². The summed E-state index contributed by atoms with van der Waals surface area (Å²) in [6.07, 6.45) is 0. The Hall–Kier alpha value is 0.1000. The van der Waals surface area contributed by atoms with E-state index in [0.717, 1.165) is 30.4 Å². The Morgan fingerprint density at radius 1 is 0.500 bits per heavy atom. The van der Waals surface area contributed by atoms with Crippen molar-refractivity contribution < 1.29 is 0 Å². The second kappa shape index (κ2) is 3.93. The molecule has 0 aliphatic heterocycles. The molecule has 0 bridgehead atoms. The predicted octanol–water partition coefficient (Wildman–Crippen LogP) is 3.99. The number of benzene rings is 2. The SMILES string of the molecule is Sc1ccc(S)c2c(S)ccc(S)c12. The summed E-state index contributed by atoms with van der Waals surface area (Å²) in [4.78, 5) is 3.61. The Morgan fingerprint density at radius 2 is 0.714 bits per heavy atom. The van der Waals surface area contributed by atoms with Crippen molar-refractivity contribution in [1.29, 1.82) is 0 Å². The van der Waals surface area contributed by atoms with E-state index in [1.807, 2.05) is 24.3 Å². The molecule has 0 spiro atoms. The van der Waals surface area contributed by atoms with E-state index in [9.17, 15) is 0 Å². The van der Waals surface area contributed by atoms with Crippen LogP contribution in [0.3, 0.4) is 0 Å². The highest BCUT2D eigenvalue weighted by molar-refractivity contribution is 7.82. The molecule has 0 radical (unpaired) electrons. The highest BCUT2D eigenvalue weighted by Gasteiger charge is 2.07. The van der Waals surface area contributed by atoms with Gasteiger partial charge in [0, 0.05) is 30.4 Å². The Bertz CT molecular complexity index is 416. The molecule has 0 heterocycles. The summed E-state index contributed by atoms with van der Waals surface area (Å²) < 4.78 is 0. The molecule has 0 aromatic heterocycles. The molecule has 0 fully saturated rings. The summed E-state index contributed by atoms with van der Waals surface area (Å²) in [5.74, 6) is 0. The van der Waals surface area contributed by atoms with Crippen molar-refractivity contribution in [2.24, 2.45) is 0 Å². The predicted molar refractivity (Wildman–Crippen MR) is 73.0 cm³/mol. The van der Waals surface area contributed by atoms with Gasteiger partial charge in [-0.2, -0.15) is 0 Å². The molecule has 0 saturated carbocycles. The van der Waals surface area contributed by atoms with Gasteiger partial charge in [0.05, 0.1) is 0 Å². The summed E-state index contributed by atoms with van der Waals surface area (Å²) in [6.45, 7) is 0. The Kier molecular flexibility index (Phi) is 2.98. The van der Waals surface area contributed by atoms with Crippen LogP contribution in [0.2, 0.25) is 0 Å². The van der Waals surface area contributed by atoms with Gasteiger partial charge in [-0.05, 0) is 24.3 Å². The van der Waals surface area contributed by atoms with Crippen LogP contribution in [0, 0.1) is 0 Å². The third kappa shape index (κ3) is 1.65. The lowest BCUT2D eigenvalue weighted by molar-refractivity contribution is 1.34. The molecule has 72 valence electrons. The second-order valence-corrected chi connectivity index (χ2v) is 4.88. The van der Waals surface area contributed by atoms with Gasteiger partial charge >= 0.3 is 0 Å². The molecular formula is C10H8S4. The minimum atomic E-state index is 0.902. The molecule has 4 heteroatoms. The van der Waals surface area contributed by atoms with Gasteiger partial charge in [0.25, 0.3) is 0 Å². The fraction of sp³-hybridized carbons (Fsp3) is 0. The first kappa shape index (κ1) is 10.6. The summed E-state index contributed by atoms with van der Waals surface area (Å²) in [6, 6.07) is 7.67. The minimum Gasteiger partial charge on any atom is -0.143 e. The topological polar surface area (TPSA) is 0 Å². The maximum absolute atomic E-state index is 4.40. The molecule has 0 N–H and O–H groups in total. The molecule has 0 atom stereocenters. The number of rotatable bonds is 0. The maximum atomic E-state index is 4.40. The smallest absolute Gasteiger partial charge is 0.0131 e. The van der Waals surface area contributed by atoms with E-state index in [1.165, 1.54) is 0 Å². The molecule has 2 aromatic carbocycles. The number of fused-ring (bicyclic) bond motifs is 1. The molecule has 0 amide bonds. The van der Waals surface area contributed by atoms with Crippen molar-refractivity contribution in [3.05, 3.63) is 24.3 Å². The largest absolute Gasteiger partial charge is 0.143 e. The molecule has 0 unspecified atom stereocenters. The quantitative estimate of drug-likeness (QED) is 0.503. The molecule has 0 nitrogen and oxygen atoms in total. The molecular weight excluding hydrogens is 248 g/mol. The Balaban J connectivity index is 3.05. The van der Waals surface area contributed by atoms with E-state index in [4.69, 9.17) is 0 Å². The van der Waals surface area contributed by atoms with Gasteiger partial charge in [-0.1, -0.05) is 0 Å². The number of thiol groups is 4. The van der Waals surface area contributed by atoms with Crippen LogP contribution in [0.25, 0.3) is 10.8 Å². The van der Waals surface area contributed by atoms with E-state index in [1.54, 1.807) is 0 Å². The van der Waals surface area contributed by atoms with Crippen LogP contribution >= 0.6 is 50.5 Å². The first-order chi connectivity index (χ1) is 6.61. The third-order valence-corrected chi connectivity index (χ3v) is 3.56. The van der Waals surface area contributed by atoms with Crippen molar-refractivity contribution in [3.8, 4) is 0 Å². The number of hydrogen-bond acceptors (Lipinski definition) is 4. The van der Waals surface area contributed by atoms with Crippen molar-refractivity contribution in [2.75, 3.05) is 0 Å². The number of hydrogen-bond donors (Lipinski definition) is 4. The zero-order chi connectivity index (χ0) is 10.3. The molecule has 0 aliphatic rings. The van der Waals surface area contributed by atoms with Crippen molar-refractivity contribution in [3.63, 3.8) is 0 Å². The second-order valence-electron chi connectivity index (χ2n) is 2.96. The highest BCUT2D eigenvalue weighted by Crippen LogP contribution is 2.35. The Morgan fingerprint density at radius 3 is 0.929 bits per heavy atom. The van der Waals surface area contributed by atoms with Gasteiger partial charge in [0.1, 0.15) is 0 Å². The molecule has 2 aromatic rings. The van der Waals surface area contributed by atoms with Crippen LogP contribution in [-0.4, -0.2) is 0 Å². The molecule has 14 heavy (non-hydrogen) atoms. The minimum absolute atomic E-state index is 0.902. The first-order valence-corrected chi connectivity index (χ1v) is 5.75. The molecule has 0 aliphatic carbocycles. The van der Waals surface area contributed by atoms with Gasteiger partial charge in [0.15, 0.2) is 0 Å². The van der Waals surface area contributed by atoms with Gasteiger partial charge in [-0.15, -0.1) is 50.5 Å². The van der Waals surface area contributed by atoms with E-state index in [-0.39, 0.29) is 0 Å². The van der Waals surface area contributed by atoms with E-state index >= 15 is 0 Å². The van der Waals surface area contributed by atoms with E-state index in [0.29, 0.717) is 0 Å². The zero-order valence-corrected chi connectivity index (χ0v) is 10.7. The van der Waals surface area contributed by atoms with Crippen LogP contribution in [0.4, 0.5) is 0 Å². The van der Waals surface area contributed by atoms with Crippen LogP contribution in [0.15, 0.2) is 43.8 Å². The van der Waals surface area contributed by atoms with Crippen LogP contribution in [-0.2, 0) is 0 Å². The first-order valence-electron chi connectivity index (χ1n) is 3.97. The summed E-state index contributed by atoms with van der Waals surface area (Å²) in [7, 11) is 0. The lowest BCUT2D eigenvalue weighted by atomic mass is 10.1. The zero-order valence-electron chi connectivity index (χ0n) is 7.10. The fourth-order valence-electron chi connectivity index (χ4n) is 1.42. The molecule has 0 saturated heterocycles. The monoisotopic (exact) mass is 256 g/mol. The third-order valence-electron chi connectivity index (χ3n) is 2.07. The van der Waals surface area contributed by atoms with Crippen LogP contribution < -0.4 is 0 Å². The summed E-state index contributed by atoms with van der Waals surface area (Å²) in [5.41, 5.74) is 0. The average molecular weight is 256 g/mol.